The largest absolute Gasteiger partial charge is 0.494 e. The van der Waals surface area contributed by atoms with Gasteiger partial charge >= 0.3 is 0 Å². The summed E-state index contributed by atoms with van der Waals surface area (Å²) in [6.45, 7) is 5.80. The summed E-state index contributed by atoms with van der Waals surface area (Å²) in [6.07, 6.45) is 0.832. The lowest BCUT2D eigenvalue weighted by Crippen LogP contribution is -2.23. The van der Waals surface area contributed by atoms with Gasteiger partial charge in [0.1, 0.15) is 17.6 Å². The number of aryl methyl sites for hydroxylation is 1. The summed E-state index contributed by atoms with van der Waals surface area (Å²) >= 11 is 0. The monoisotopic (exact) mass is 406 g/mol. The molecule has 0 saturated heterocycles. The smallest absolute Gasteiger partial charge is 0.273 e. The second kappa shape index (κ2) is 7.76. The minimum Gasteiger partial charge on any atom is -0.494 e. The molecule has 2 aromatic carbocycles. The van der Waals surface area contributed by atoms with Crippen molar-refractivity contribution in [1.29, 1.82) is 0 Å². The van der Waals surface area contributed by atoms with Gasteiger partial charge in [0.25, 0.3) is 5.69 Å². The molecule has 0 aromatic heterocycles. The maximum Gasteiger partial charge on any atom is 0.273 e. The predicted molar refractivity (Wildman–Crippen MR) is 103 cm³/mol. The number of hydrogen-bond donors (Lipinski definition) is 1. The minimum atomic E-state index is -3.94. The second-order valence-electron chi connectivity index (χ2n) is 6.66. The molecule has 150 valence electrons. The number of rotatable bonds is 7. The van der Waals surface area contributed by atoms with Gasteiger partial charge in [0.05, 0.1) is 16.4 Å². The number of benzene rings is 2. The highest BCUT2D eigenvalue weighted by Crippen LogP contribution is 2.35. The van der Waals surface area contributed by atoms with Crippen LogP contribution in [0.15, 0.2) is 35.2 Å². The number of hydrogen-bond acceptors (Lipinski definition) is 6. The Balaban J connectivity index is 1.86. The van der Waals surface area contributed by atoms with E-state index in [1.165, 1.54) is 12.1 Å². The third-order valence-corrected chi connectivity index (χ3v) is 5.92. The third kappa shape index (κ3) is 4.10. The molecule has 0 spiro atoms. The Bertz CT molecular complexity index is 1020. The molecule has 0 amide bonds. The summed E-state index contributed by atoms with van der Waals surface area (Å²) in [5.41, 5.74) is 1.82. The predicted octanol–water partition coefficient (Wildman–Crippen LogP) is 3.10. The highest BCUT2D eigenvalue weighted by molar-refractivity contribution is 7.89. The quantitative estimate of drug-likeness (QED) is 0.559. The first-order valence-corrected chi connectivity index (χ1v) is 10.4. The zero-order valence-corrected chi connectivity index (χ0v) is 16.7. The molecule has 9 heteroatoms. The number of nitro benzene ring substituents is 1. The van der Waals surface area contributed by atoms with Gasteiger partial charge in [-0.1, -0.05) is 6.07 Å². The van der Waals surface area contributed by atoms with E-state index in [1.54, 1.807) is 13.0 Å². The van der Waals surface area contributed by atoms with Crippen LogP contribution in [0.2, 0.25) is 0 Å². The van der Waals surface area contributed by atoms with Crippen LogP contribution in [0.4, 0.5) is 5.69 Å². The molecule has 0 radical (unpaired) electrons. The second-order valence-corrected chi connectivity index (χ2v) is 8.43. The van der Waals surface area contributed by atoms with Crippen LogP contribution in [0.3, 0.4) is 0 Å². The molecule has 1 aliphatic rings. The van der Waals surface area contributed by atoms with Gasteiger partial charge in [0.2, 0.25) is 10.0 Å². The van der Waals surface area contributed by atoms with Gasteiger partial charge in [-0.15, -0.1) is 0 Å². The molecule has 1 aliphatic heterocycles. The van der Waals surface area contributed by atoms with Crippen LogP contribution >= 0.6 is 0 Å². The van der Waals surface area contributed by atoms with Gasteiger partial charge in [-0.05, 0) is 39.0 Å². The average Bonchev–Trinajstić information content (AvgIpc) is 2.99. The van der Waals surface area contributed by atoms with E-state index in [0.29, 0.717) is 23.5 Å². The van der Waals surface area contributed by atoms with E-state index in [0.717, 1.165) is 23.8 Å². The van der Waals surface area contributed by atoms with Crippen molar-refractivity contribution in [3.05, 3.63) is 57.1 Å². The number of nitrogens with one attached hydrogen (secondary N) is 1. The van der Waals surface area contributed by atoms with E-state index < -0.39 is 14.9 Å². The maximum atomic E-state index is 12.6. The Morgan fingerprint density at radius 3 is 2.75 bits per heavy atom. The standard InChI is InChI=1S/C19H22N2O6S/c1-4-26-18-8-14-7-13(3)27-19(14)9-15(18)11-20-28(24,25)16-6-5-12(2)17(10-16)21(22)23/h5-6,8-10,13,20H,4,7,11H2,1-3H3/t13-/m0/s1. The van der Waals surface area contributed by atoms with Crippen molar-refractivity contribution in [3.8, 4) is 11.5 Å². The molecule has 0 fully saturated rings. The average molecular weight is 406 g/mol. The first-order valence-electron chi connectivity index (χ1n) is 8.91. The molecule has 0 bridgehead atoms. The Labute approximate surface area is 163 Å². The van der Waals surface area contributed by atoms with E-state index in [9.17, 15) is 18.5 Å². The van der Waals surface area contributed by atoms with Gasteiger partial charge in [0, 0.05) is 35.7 Å². The van der Waals surface area contributed by atoms with Gasteiger partial charge in [-0.2, -0.15) is 0 Å². The van der Waals surface area contributed by atoms with Crippen LogP contribution in [-0.2, 0) is 23.0 Å². The Hall–Kier alpha value is -2.65. The summed E-state index contributed by atoms with van der Waals surface area (Å²) in [7, 11) is -3.94. The number of nitrogens with zero attached hydrogens (tertiary/aromatic N) is 1. The molecule has 1 heterocycles. The van der Waals surface area contributed by atoms with Gasteiger partial charge in [-0.25, -0.2) is 13.1 Å². The molecule has 1 atom stereocenters. The number of sulfonamides is 1. The van der Waals surface area contributed by atoms with Crippen LogP contribution in [0, 0.1) is 17.0 Å². The fraction of sp³-hybridized carbons (Fsp3) is 0.368. The highest BCUT2D eigenvalue weighted by atomic mass is 32.2. The lowest BCUT2D eigenvalue weighted by atomic mass is 10.1. The van der Waals surface area contributed by atoms with Crippen molar-refractivity contribution < 1.29 is 22.8 Å². The maximum absolute atomic E-state index is 12.6. The van der Waals surface area contributed by atoms with E-state index >= 15 is 0 Å². The van der Waals surface area contributed by atoms with Crippen molar-refractivity contribution in [3.63, 3.8) is 0 Å². The van der Waals surface area contributed by atoms with Crippen LogP contribution in [0.1, 0.15) is 30.5 Å². The topological polar surface area (TPSA) is 108 Å². The van der Waals surface area contributed by atoms with E-state index in [2.05, 4.69) is 4.72 Å². The Morgan fingerprint density at radius 2 is 2.07 bits per heavy atom. The number of ether oxygens (including phenoxy) is 2. The lowest BCUT2D eigenvalue weighted by Gasteiger charge is -2.14. The first kappa shape index (κ1) is 20.1. The van der Waals surface area contributed by atoms with Crippen molar-refractivity contribution in [2.75, 3.05) is 6.61 Å². The molecule has 8 nitrogen and oxygen atoms in total. The molecule has 3 rings (SSSR count). The van der Waals surface area contributed by atoms with Crippen molar-refractivity contribution in [1.82, 2.24) is 4.72 Å². The van der Waals surface area contributed by atoms with Crippen LogP contribution in [0.25, 0.3) is 0 Å². The fourth-order valence-corrected chi connectivity index (χ4v) is 4.14. The molecule has 28 heavy (non-hydrogen) atoms. The summed E-state index contributed by atoms with van der Waals surface area (Å²) in [5, 5.41) is 11.1. The normalized spacial score (nSPS) is 15.8. The number of fused-ring (bicyclic) bond motifs is 1. The minimum absolute atomic E-state index is 0.0235. The Kier molecular flexibility index (Phi) is 5.57. The molecular weight excluding hydrogens is 384 g/mol. The zero-order chi connectivity index (χ0) is 20.5. The van der Waals surface area contributed by atoms with Gasteiger partial charge < -0.3 is 9.47 Å². The van der Waals surface area contributed by atoms with Crippen molar-refractivity contribution >= 4 is 15.7 Å². The van der Waals surface area contributed by atoms with Crippen LogP contribution in [-0.4, -0.2) is 26.1 Å². The molecule has 2 aromatic rings. The van der Waals surface area contributed by atoms with Gasteiger partial charge in [0.15, 0.2) is 0 Å². The molecule has 1 N–H and O–H groups in total. The van der Waals surface area contributed by atoms with E-state index in [1.807, 2.05) is 19.9 Å². The lowest BCUT2D eigenvalue weighted by molar-refractivity contribution is -0.385. The molecule has 0 unspecified atom stereocenters. The summed E-state index contributed by atoms with van der Waals surface area (Å²) in [5.74, 6) is 1.31. The third-order valence-electron chi connectivity index (χ3n) is 4.52. The molecule has 0 aliphatic carbocycles. The Morgan fingerprint density at radius 1 is 1.32 bits per heavy atom. The fourth-order valence-electron chi connectivity index (χ4n) is 3.12. The molecular formula is C19H22N2O6S. The zero-order valence-electron chi connectivity index (χ0n) is 15.9. The van der Waals surface area contributed by atoms with Crippen LogP contribution < -0.4 is 14.2 Å². The summed E-state index contributed by atoms with van der Waals surface area (Å²) in [4.78, 5) is 10.3. The van der Waals surface area contributed by atoms with Crippen LogP contribution in [0.5, 0.6) is 11.5 Å². The number of nitro groups is 1. The van der Waals surface area contributed by atoms with Crippen molar-refractivity contribution in [2.45, 2.75) is 44.7 Å². The first-order chi connectivity index (χ1) is 13.2. The molecule has 0 saturated carbocycles. The van der Waals surface area contributed by atoms with Gasteiger partial charge in [-0.3, -0.25) is 10.1 Å². The van der Waals surface area contributed by atoms with E-state index in [4.69, 9.17) is 9.47 Å². The summed E-state index contributed by atoms with van der Waals surface area (Å²) in [6, 6.07) is 7.49. The SMILES string of the molecule is CCOc1cc2c(cc1CNS(=O)(=O)c1ccc(C)c([N+](=O)[O-])c1)O[C@@H](C)C2. The van der Waals surface area contributed by atoms with Crippen molar-refractivity contribution in [2.24, 2.45) is 0 Å². The summed E-state index contributed by atoms with van der Waals surface area (Å²) < 4.78 is 39.2. The highest BCUT2D eigenvalue weighted by Gasteiger charge is 2.24. The van der Waals surface area contributed by atoms with E-state index in [-0.39, 0.29) is 23.2 Å².